The first-order chi connectivity index (χ1) is 12.1. The van der Waals surface area contributed by atoms with Gasteiger partial charge in [0.05, 0.1) is 16.8 Å². The molecule has 4 rings (SSSR count). The molecule has 0 aliphatic carbocycles. The maximum atomic E-state index is 12.8. The van der Waals surface area contributed by atoms with Crippen LogP contribution in [-0.2, 0) is 4.79 Å². The number of carbonyl (C=O) groups excluding carboxylic acids is 1. The molecule has 0 saturated carbocycles. The van der Waals surface area contributed by atoms with Crippen LogP contribution in [0.15, 0.2) is 51.0 Å². The minimum absolute atomic E-state index is 0.102. The van der Waals surface area contributed by atoms with Gasteiger partial charge in [-0.3, -0.25) is 14.6 Å². The lowest BCUT2D eigenvalue weighted by Gasteiger charge is -2.30. The average Bonchev–Trinajstić information content (AvgIpc) is 3.13. The van der Waals surface area contributed by atoms with Crippen molar-refractivity contribution in [2.24, 2.45) is 0 Å². The van der Waals surface area contributed by atoms with E-state index < -0.39 is 6.17 Å². The fourth-order valence-electron chi connectivity index (χ4n) is 3.13. The van der Waals surface area contributed by atoms with E-state index >= 15 is 0 Å². The molecule has 126 valence electrons. The Labute approximate surface area is 152 Å². The number of carbonyl (C=O) groups is 1. The first-order valence-corrected chi connectivity index (χ1v) is 9.80. The molecule has 6 nitrogen and oxygen atoms in total. The topological polar surface area (TPSA) is 69.9 Å². The number of nitrogens with zero attached hydrogens (tertiary/aromatic N) is 3. The predicted octanol–water partition coefficient (Wildman–Crippen LogP) is 2.42. The highest BCUT2D eigenvalue weighted by atomic mass is 32.2. The summed E-state index contributed by atoms with van der Waals surface area (Å²) in [4.78, 5) is 29.8. The van der Waals surface area contributed by atoms with E-state index in [1.54, 1.807) is 20.9 Å². The molecule has 0 bridgehead atoms. The van der Waals surface area contributed by atoms with Crippen molar-refractivity contribution in [2.45, 2.75) is 18.2 Å². The number of aromatic nitrogens is 3. The minimum Gasteiger partial charge on any atom is -0.291 e. The Bertz CT molecular complexity index is 1010. The van der Waals surface area contributed by atoms with Gasteiger partial charge in [-0.05, 0) is 34.5 Å². The second-order valence-electron chi connectivity index (χ2n) is 5.59. The number of hydrogen-bond acceptors (Lipinski definition) is 5. The van der Waals surface area contributed by atoms with Crippen LogP contribution in [0.1, 0.15) is 18.7 Å². The van der Waals surface area contributed by atoms with Crippen molar-refractivity contribution >= 4 is 34.7 Å². The van der Waals surface area contributed by atoms with Crippen LogP contribution in [0.2, 0.25) is 0 Å². The zero-order valence-corrected chi connectivity index (χ0v) is 15.2. The predicted molar refractivity (Wildman–Crippen MR) is 97.9 cm³/mol. The second-order valence-corrected chi connectivity index (χ2v) is 7.17. The molecule has 1 unspecified atom stereocenters. The van der Waals surface area contributed by atoms with E-state index in [0.717, 1.165) is 11.3 Å². The Hall–Kier alpha value is -2.45. The molecule has 1 atom stereocenters. The molecule has 2 aromatic heterocycles. The number of thioether (sulfide) groups is 1. The zero-order chi connectivity index (χ0) is 17.6. The number of hydrogen-bond donors (Lipinski definition) is 1. The molecule has 1 N–H and O–H groups in total. The van der Waals surface area contributed by atoms with Crippen molar-refractivity contribution in [3.63, 3.8) is 0 Å². The summed E-state index contributed by atoms with van der Waals surface area (Å²) in [5.74, 6) is -0.102. The molecule has 1 aliphatic rings. The van der Waals surface area contributed by atoms with Gasteiger partial charge in [-0.1, -0.05) is 23.9 Å². The summed E-state index contributed by atoms with van der Waals surface area (Å²) in [6.07, 6.45) is 1.37. The van der Waals surface area contributed by atoms with Crippen LogP contribution in [-0.4, -0.2) is 22.2 Å². The largest absolute Gasteiger partial charge is 0.325 e. The fraction of sp³-hybridized carbons (Fsp3) is 0.176. The molecule has 0 saturated heterocycles. The minimum atomic E-state index is -0.484. The number of para-hydroxylation sites is 1. The van der Waals surface area contributed by atoms with Gasteiger partial charge in [-0.15, -0.1) is 0 Å². The number of fused-ring (bicyclic) bond motifs is 3. The summed E-state index contributed by atoms with van der Waals surface area (Å²) in [6.45, 7) is 1.53. The molecule has 8 heteroatoms. The Morgan fingerprint density at radius 3 is 2.84 bits per heavy atom. The highest BCUT2D eigenvalue weighted by Gasteiger charge is 2.44. The van der Waals surface area contributed by atoms with Crippen LogP contribution in [0.5, 0.6) is 0 Å². The zero-order valence-electron chi connectivity index (χ0n) is 13.6. The number of nitrogens with one attached hydrogen (secondary N) is 1. The number of aromatic amines is 1. The van der Waals surface area contributed by atoms with E-state index in [1.165, 1.54) is 18.7 Å². The van der Waals surface area contributed by atoms with E-state index in [9.17, 15) is 9.59 Å². The summed E-state index contributed by atoms with van der Waals surface area (Å²) in [5.41, 5.74) is 2.59. The number of thiophene rings is 1. The van der Waals surface area contributed by atoms with Crippen molar-refractivity contribution in [3.8, 4) is 11.3 Å². The lowest BCUT2D eigenvalue weighted by molar-refractivity contribution is -0.763. The molecular formula is C17H15N4O2S2+. The van der Waals surface area contributed by atoms with Gasteiger partial charge in [-0.2, -0.15) is 11.3 Å². The fourth-order valence-corrected chi connectivity index (χ4v) is 4.16. The summed E-state index contributed by atoms with van der Waals surface area (Å²) >= 11 is 2.90. The van der Waals surface area contributed by atoms with Crippen LogP contribution in [0, 0.1) is 0 Å². The number of amides is 1. The number of rotatable bonds is 2. The highest BCUT2D eigenvalue weighted by Crippen LogP contribution is 2.37. The Balaban J connectivity index is 2.11. The summed E-state index contributed by atoms with van der Waals surface area (Å²) in [6, 6.07) is 9.39. The van der Waals surface area contributed by atoms with Gasteiger partial charge in [-0.25, -0.2) is 4.90 Å². The van der Waals surface area contributed by atoms with Crippen LogP contribution in [0.4, 0.5) is 5.69 Å². The molecule has 0 fully saturated rings. The van der Waals surface area contributed by atoms with E-state index in [0.29, 0.717) is 16.4 Å². The van der Waals surface area contributed by atoms with Gasteiger partial charge in [0.15, 0.2) is 0 Å². The third-order valence-corrected chi connectivity index (χ3v) is 5.40. The van der Waals surface area contributed by atoms with Crippen LogP contribution >= 0.6 is 23.1 Å². The standard InChI is InChI=1S/C17H14N4O2S2/c1-10(22)20-13-6-4-3-5-12(13)14-15(23)18-17(24-2)19-21(14)16(20)11-7-8-25-9-11/h3-9,16H,1-2H3/p+1. The lowest BCUT2D eigenvalue weighted by atomic mass is 10.0. The summed E-state index contributed by atoms with van der Waals surface area (Å²) < 4.78 is 1.66. The summed E-state index contributed by atoms with van der Waals surface area (Å²) in [7, 11) is 0. The van der Waals surface area contributed by atoms with Gasteiger partial charge in [0.25, 0.3) is 6.17 Å². The molecule has 25 heavy (non-hydrogen) atoms. The Morgan fingerprint density at radius 2 is 2.16 bits per heavy atom. The van der Waals surface area contributed by atoms with Crippen LogP contribution in [0.3, 0.4) is 0 Å². The van der Waals surface area contributed by atoms with Crippen molar-refractivity contribution in [2.75, 3.05) is 11.2 Å². The first kappa shape index (κ1) is 16.0. The number of benzene rings is 1. The third-order valence-electron chi connectivity index (χ3n) is 4.13. The summed E-state index contributed by atoms with van der Waals surface area (Å²) in [5, 5.41) is 9.04. The van der Waals surface area contributed by atoms with Gasteiger partial charge >= 0.3 is 11.3 Å². The van der Waals surface area contributed by atoms with Crippen molar-refractivity contribution in [3.05, 3.63) is 57.0 Å². The maximum Gasteiger partial charge on any atom is 0.325 e. The number of H-pyrrole nitrogens is 1. The Morgan fingerprint density at radius 1 is 1.36 bits per heavy atom. The van der Waals surface area contributed by atoms with E-state index in [-0.39, 0.29) is 11.5 Å². The third kappa shape index (κ3) is 2.49. The Kier molecular flexibility index (Phi) is 3.93. The molecule has 3 aromatic rings. The van der Waals surface area contributed by atoms with Gasteiger partial charge in [0.2, 0.25) is 11.1 Å². The van der Waals surface area contributed by atoms with Gasteiger partial charge in [0.1, 0.15) is 0 Å². The first-order valence-electron chi connectivity index (χ1n) is 7.63. The monoisotopic (exact) mass is 371 g/mol. The SMILES string of the molecule is CSc1n[n+]2c(c(=O)[nH]1)-c1ccccc1N(C(C)=O)C2c1ccsc1. The molecule has 1 aromatic carbocycles. The van der Waals surface area contributed by atoms with Gasteiger partial charge in [0, 0.05) is 17.4 Å². The molecule has 0 radical (unpaired) electrons. The van der Waals surface area contributed by atoms with Crippen LogP contribution < -0.4 is 15.1 Å². The molecule has 1 aliphatic heterocycles. The normalized spacial score (nSPS) is 15.6. The van der Waals surface area contributed by atoms with E-state index in [1.807, 2.05) is 47.3 Å². The molecule has 1 amide bonds. The average molecular weight is 371 g/mol. The second kappa shape index (κ2) is 6.12. The maximum absolute atomic E-state index is 12.8. The smallest absolute Gasteiger partial charge is 0.291 e. The van der Waals surface area contributed by atoms with Crippen molar-refractivity contribution in [1.29, 1.82) is 0 Å². The quantitative estimate of drug-likeness (QED) is 0.555. The van der Waals surface area contributed by atoms with E-state index in [4.69, 9.17) is 0 Å². The number of anilines is 1. The molecular weight excluding hydrogens is 356 g/mol. The van der Waals surface area contributed by atoms with E-state index in [2.05, 4.69) is 10.1 Å². The van der Waals surface area contributed by atoms with Crippen LogP contribution in [0.25, 0.3) is 11.3 Å². The van der Waals surface area contributed by atoms with Crippen molar-refractivity contribution < 1.29 is 9.48 Å². The lowest BCUT2D eigenvalue weighted by Crippen LogP contribution is -2.60. The van der Waals surface area contributed by atoms with Crippen molar-refractivity contribution in [1.82, 2.24) is 10.1 Å². The highest BCUT2D eigenvalue weighted by molar-refractivity contribution is 7.98. The molecule has 0 spiro atoms. The van der Waals surface area contributed by atoms with Gasteiger partial charge < -0.3 is 0 Å². The molecule has 3 heterocycles.